The first-order chi connectivity index (χ1) is 7.52. The van der Waals surface area contributed by atoms with E-state index in [4.69, 9.17) is 5.11 Å². The van der Waals surface area contributed by atoms with Crippen LogP contribution in [-0.4, -0.2) is 25.8 Å². The zero-order valence-electron chi connectivity index (χ0n) is 9.51. The van der Waals surface area contributed by atoms with Crippen LogP contribution < -0.4 is 5.69 Å². The van der Waals surface area contributed by atoms with E-state index in [1.807, 2.05) is 6.92 Å². The monoisotopic (exact) mass is 227 g/mol. The highest BCUT2D eigenvalue weighted by molar-refractivity contribution is 5.69. The predicted octanol–water partition coefficient (Wildman–Crippen LogP) is 1.02. The molecule has 6 nitrogen and oxygen atoms in total. The van der Waals surface area contributed by atoms with Crippen molar-refractivity contribution in [3.63, 3.8) is 0 Å². The zero-order chi connectivity index (χ0) is 12.1. The van der Waals surface area contributed by atoms with E-state index in [-0.39, 0.29) is 17.6 Å². The van der Waals surface area contributed by atoms with Gasteiger partial charge in [-0.15, -0.1) is 0 Å². The van der Waals surface area contributed by atoms with Crippen molar-refractivity contribution < 1.29 is 9.90 Å². The Hall–Kier alpha value is -1.59. The number of aliphatic carboxylic acids is 1. The minimum absolute atomic E-state index is 0.0484. The molecule has 0 saturated carbocycles. The van der Waals surface area contributed by atoms with Crippen LogP contribution in [0.4, 0.5) is 0 Å². The van der Waals surface area contributed by atoms with Gasteiger partial charge in [0.1, 0.15) is 6.33 Å². The quantitative estimate of drug-likeness (QED) is 0.759. The highest BCUT2D eigenvalue weighted by Gasteiger charge is 2.12. The van der Waals surface area contributed by atoms with E-state index in [1.165, 1.54) is 10.9 Å². The summed E-state index contributed by atoms with van der Waals surface area (Å²) in [6, 6.07) is 0.0484. The van der Waals surface area contributed by atoms with Gasteiger partial charge >= 0.3 is 11.7 Å². The molecule has 0 amide bonds. The molecule has 2 N–H and O–H groups in total. The zero-order valence-corrected chi connectivity index (χ0v) is 9.51. The van der Waals surface area contributed by atoms with Crippen LogP contribution >= 0.6 is 0 Å². The SMILES string of the molecule is CC(CCCC(C)n1cn[nH]c1=O)C(=O)O. The summed E-state index contributed by atoms with van der Waals surface area (Å²) in [6.45, 7) is 3.61. The third-order valence-corrected chi connectivity index (χ3v) is 2.73. The van der Waals surface area contributed by atoms with Gasteiger partial charge in [-0.1, -0.05) is 13.3 Å². The average molecular weight is 227 g/mol. The lowest BCUT2D eigenvalue weighted by Crippen LogP contribution is -2.20. The van der Waals surface area contributed by atoms with Gasteiger partial charge in [0.05, 0.1) is 5.92 Å². The number of aromatic amines is 1. The molecule has 0 bridgehead atoms. The number of carboxylic acid groups (broad SMARTS) is 1. The number of nitrogens with one attached hydrogen (secondary N) is 1. The normalized spacial score (nSPS) is 14.6. The third-order valence-electron chi connectivity index (χ3n) is 2.73. The first-order valence-corrected chi connectivity index (χ1v) is 5.36. The summed E-state index contributed by atoms with van der Waals surface area (Å²) in [4.78, 5) is 21.8. The maximum absolute atomic E-state index is 11.2. The molecule has 1 aromatic heterocycles. The standard InChI is InChI=1S/C10H17N3O3/c1-7(9(14)15)4-3-5-8(2)13-6-11-12-10(13)16/h6-8H,3-5H2,1-2H3,(H,12,16)(H,14,15). The molecule has 0 aliphatic rings. The number of carboxylic acids is 1. The number of aromatic nitrogens is 3. The molecule has 16 heavy (non-hydrogen) atoms. The molecule has 0 spiro atoms. The third kappa shape index (κ3) is 3.22. The second-order valence-electron chi connectivity index (χ2n) is 4.09. The lowest BCUT2D eigenvalue weighted by atomic mass is 10.0. The Kier molecular flexibility index (Phi) is 4.28. The first-order valence-electron chi connectivity index (χ1n) is 5.36. The Morgan fingerprint density at radius 2 is 2.25 bits per heavy atom. The molecule has 1 heterocycles. The summed E-state index contributed by atoms with van der Waals surface area (Å²) in [6.07, 6.45) is 3.66. The van der Waals surface area contributed by atoms with Gasteiger partial charge < -0.3 is 5.11 Å². The Bertz CT molecular complexity index is 396. The van der Waals surface area contributed by atoms with Crippen LogP contribution in [0.1, 0.15) is 39.2 Å². The highest BCUT2D eigenvalue weighted by Crippen LogP contribution is 2.15. The highest BCUT2D eigenvalue weighted by atomic mass is 16.4. The average Bonchev–Trinajstić information content (AvgIpc) is 2.64. The molecular weight excluding hydrogens is 210 g/mol. The molecule has 0 aliphatic carbocycles. The van der Waals surface area contributed by atoms with E-state index < -0.39 is 5.97 Å². The van der Waals surface area contributed by atoms with E-state index in [9.17, 15) is 9.59 Å². The molecule has 1 aromatic rings. The second-order valence-corrected chi connectivity index (χ2v) is 4.09. The molecule has 1 rings (SSSR count). The lowest BCUT2D eigenvalue weighted by molar-refractivity contribution is -0.141. The van der Waals surface area contributed by atoms with Gasteiger partial charge in [-0.3, -0.25) is 9.36 Å². The summed E-state index contributed by atoms with van der Waals surface area (Å²) < 4.78 is 1.52. The summed E-state index contributed by atoms with van der Waals surface area (Å²) in [7, 11) is 0. The van der Waals surface area contributed by atoms with Crippen molar-refractivity contribution in [3.05, 3.63) is 16.8 Å². The van der Waals surface area contributed by atoms with Gasteiger partial charge in [0.25, 0.3) is 0 Å². The molecule has 90 valence electrons. The smallest absolute Gasteiger partial charge is 0.343 e. The van der Waals surface area contributed by atoms with Crippen LogP contribution in [0.25, 0.3) is 0 Å². The summed E-state index contributed by atoms with van der Waals surface area (Å²) >= 11 is 0. The molecule has 2 atom stereocenters. The summed E-state index contributed by atoms with van der Waals surface area (Å²) in [5, 5.41) is 14.7. The summed E-state index contributed by atoms with van der Waals surface area (Å²) in [5.74, 6) is -1.10. The Labute approximate surface area is 93.3 Å². The molecule has 0 fully saturated rings. The van der Waals surface area contributed by atoms with Crippen LogP contribution in [0.2, 0.25) is 0 Å². The maximum atomic E-state index is 11.2. The van der Waals surface area contributed by atoms with Crippen molar-refractivity contribution in [3.8, 4) is 0 Å². The fourth-order valence-corrected chi connectivity index (χ4v) is 1.55. The molecule has 0 aliphatic heterocycles. The second kappa shape index (κ2) is 5.48. The van der Waals surface area contributed by atoms with Crippen LogP contribution in [0, 0.1) is 5.92 Å². The predicted molar refractivity (Wildman–Crippen MR) is 58.2 cm³/mol. The molecule has 0 radical (unpaired) electrons. The molecule has 6 heteroatoms. The van der Waals surface area contributed by atoms with E-state index >= 15 is 0 Å². The van der Waals surface area contributed by atoms with Crippen molar-refractivity contribution in [1.29, 1.82) is 0 Å². The number of hydrogen-bond donors (Lipinski definition) is 2. The van der Waals surface area contributed by atoms with Gasteiger partial charge in [0, 0.05) is 6.04 Å². The number of rotatable bonds is 6. The van der Waals surface area contributed by atoms with Crippen molar-refractivity contribution in [2.24, 2.45) is 5.92 Å². The topological polar surface area (TPSA) is 88.0 Å². The van der Waals surface area contributed by atoms with Gasteiger partial charge in [0.15, 0.2) is 0 Å². The fourth-order valence-electron chi connectivity index (χ4n) is 1.55. The maximum Gasteiger partial charge on any atom is 0.343 e. The lowest BCUT2D eigenvalue weighted by Gasteiger charge is -2.12. The van der Waals surface area contributed by atoms with E-state index in [0.29, 0.717) is 6.42 Å². The number of nitrogens with zero attached hydrogens (tertiary/aromatic N) is 2. The summed E-state index contributed by atoms with van der Waals surface area (Å²) in [5.41, 5.74) is -0.223. The first kappa shape index (κ1) is 12.5. The molecule has 0 saturated heterocycles. The van der Waals surface area contributed by atoms with Crippen LogP contribution in [-0.2, 0) is 4.79 Å². The van der Waals surface area contributed by atoms with Gasteiger partial charge in [0.2, 0.25) is 0 Å². The van der Waals surface area contributed by atoms with Crippen LogP contribution in [0.5, 0.6) is 0 Å². The Balaban J connectivity index is 2.37. The van der Waals surface area contributed by atoms with Gasteiger partial charge in [-0.05, 0) is 19.8 Å². The van der Waals surface area contributed by atoms with Crippen LogP contribution in [0.15, 0.2) is 11.1 Å². The van der Waals surface area contributed by atoms with E-state index in [2.05, 4.69) is 10.2 Å². The number of carbonyl (C=O) groups is 1. The number of H-pyrrole nitrogens is 1. The van der Waals surface area contributed by atoms with Crippen molar-refractivity contribution in [2.75, 3.05) is 0 Å². The largest absolute Gasteiger partial charge is 0.481 e. The van der Waals surface area contributed by atoms with Gasteiger partial charge in [-0.2, -0.15) is 5.10 Å². The van der Waals surface area contributed by atoms with Crippen LogP contribution in [0.3, 0.4) is 0 Å². The van der Waals surface area contributed by atoms with E-state index in [0.717, 1.165) is 12.8 Å². The van der Waals surface area contributed by atoms with Crippen molar-refractivity contribution >= 4 is 5.97 Å². The van der Waals surface area contributed by atoms with Crippen molar-refractivity contribution in [2.45, 2.75) is 39.2 Å². The minimum atomic E-state index is -0.770. The Morgan fingerprint density at radius 1 is 1.56 bits per heavy atom. The van der Waals surface area contributed by atoms with Crippen molar-refractivity contribution in [1.82, 2.24) is 14.8 Å². The van der Waals surface area contributed by atoms with E-state index in [1.54, 1.807) is 6.92 Å². The minimum Gasteiger partial charge on any atom is -0.481 e. The molecular formula is C10H17N3O3. The Morgan fingerprint density at radius 3 is 2.75 bits per heavy atom. The van der Waals surface area contributed by atoms with Gasteiger partial charge in [-0.25, -0.2) is 9.89 Å². The molecule has 2 unspecified atom stereocenters. The fraction of sp³-hybridized carbons (Fsp3) is 0.700. The molecule has 0 aromatic carbocycles. The number of hydrogen-bond acceptors (Lipinski definition) is 3.